The van der Waals surface area contributed by atoms with Gasteiger partial charge in [0.25, 0.3) is 5.69 Å². The highest BCUT2D eigenvalue weighted by molar-refractivity contribution is 5.85. The molecule has 1 aliphatic rings. The van der Waals surface area contributed by atoms with Crippen molar-refractivity contribution in [3.8, 4) is 17.2 Å². The van der Waals surface area contributed by atoms with Gasteiger partial charge in [-0.25, -0.2) is 4.98 Å². The zero-order valence-corrected chi connectivity index (χ0v) is 15.3. The fourth-order valence-electron chi connectivity index (χ4n) is 4.17. The maximum atomic E-state index is 11.6. The van der Waals surface area contributed by atoms with Gasteiger partial charge in [-0.05, 0) is 69.2 Å². The number of aromatic nitrogens is 1. The topological polar surface area (TPSA) is 106 Å². The molecule has 0 aliphatic heterocycles. The maximum absolute atomic E-state index is 11.6. The lowest BCUT2D eigenvalue weighted by Gasteiger charge is -2.20. The third-order valence-corrected chi connectivity index (χ3v) is 5.23. The van der Waals surface area contributed by atoms with Gasteiger partial charge in [0, 0.05) is 22.4 Å². The molecule has 1 aromatic carbocycles. The van der Waals surface area contributed by atoms with Crippen LogP contribution in [0, 0.1) is 42.2 Å². The van der Waals surface area contributed by atoms with Crippen molar-refractivity contribution in [2.45, 2.75) is 52.9 Å². The van der Waals surface area contributed by atoms with Crippen LogP contribution in [0.5, 0.6) is 0 Å². The van der Waals surface area contributed by atoms with Crippen molar-refractivity contribution in [3.63, 3.8) is 0 Å². The number of nitrogen functional groups attached to an aromatic ring is 1. The van der Waals surface area contributed by atoms with Crippen LogP contribution >= 0.6 is 0 Å². The van der Waals surface area contributed by atoms with Crippen LogP contribution in [0.4, 0.5) is 11.5 Å². The van der Waals surface area contributed by atoms with Gasteiger partial charge in [-0.3, -0.25) is 10.1 Å². The molecule has 1 aromatic heterocycles. The van der Waals surface area contributed by atoms with Gasteiger partial charge in [-0.15, -0.1) is 0 Å². The molecule has 0 amide bonds. The Labute approximate surface area is 152 Å². The Morgan fingerprint density at radius 3 is 2.50 bits per heavy atom. The summed E-state index contributed by atoms with van der Waals surface area (Å²) in [6, 6.07) is 4.01. The Morgan fingerprint density at radius 2 is 1.85 bits per heavy atom. The molecule has 3 rings (SSSR count). The molecule has 134 valence electrons. The molecule has 6 nitrogen and oxygen atoms in total. The first-order chi connectivity index (χ1) is 12.4. The van der Waals surface area contributed by atoms with E-state index in [-0.39, 0.29) is 16.4 Å². The zero-order valence-electron chi connectivity index (χ0n) is 15.3. The lowest BCUT2D eigenvalue weighted by atomic mass is 9.85. The van der Waals surface area contributed by atoms with E-state index >= 15 is 0 Å². The van der Waals surface area contributed by atoms with Crippen molar-refractivity contribution < 1.29 is 4.92 Å². The number of benzene rings is 1. The van der Waals surface area contributed by atoms with Crippen molar-refractivity contribution in [3.05, 3.63) is 49.7 Å². The highest BCUT2D eigenvalue weighted by Gasteiger charge is 2.27. The number of nitrogens with zero attached hydrogens (tertiary/aromatic N) is 3. The van der Waals surface area contributed by atoms with E-state index in [2.05, 4.69) is 11.1 Å². The summed E-state index contributed by atoms with van der Waals surface area (Å²) in [4.78, 5) is 15.7. The largest absolute Gasteiger partial charge is 0.383 e. The minimum Gasteiger partial charge on any atom is -0.383 e. The molecule has 0 bridgehead atoms. The van der Waals surface area contributed by atoms with Crippen LogP contribution < -0.4 is 5.73 Å². The molecule has 6 heteroatoms. The average Bonchev–Trinajstić information content (AvgIpc) is 2.78. The summed E-state index contributed by atoms with van der Waals surface area (Å²) >= 11 is 0. The number of nitro benzene ring substituents is 1. The molecule has 0 fully saturated rings. The van der Waals surface area contributed by atoms with Gasteiger partial charge < -0.3 is 5.73 Å². The molecule has 0 spiro atoms. The second-order valence-electron chi connectivity index (χ2n) is 6.96. The molecule has 0 unspecified atom stereocenters. The molecular weight excluding hydrogens is 328 g/mol. The van der Waals surface area contributed by atoms with Gasteiger partial charge in [-0.2, -0.15) is 5.26 Å². The minimum atomic E-state index is -0.344. The standard InChI is InChI=1S/C20H22N4O2/c1-11-9-12(2)19(24(25)26)13(3)17(11)18-14-7-5-4-6-8-16(14)23-20(22)15(18)10-21/h9H,4-8H2,1-3H3,(H2,22,23). The molecule has 1 heterocycles. The fraction of sp³-hybridized carbons (Fsp3) is 0.400. The third kappa shape index (κ3) is 2.80. The van der Waals surface area contributed by atoms with Gasteiger partial charge in [0.2, 0.25) is 0 Å². The van der Waals surface area contributed by atoms with E-state index in [1.165, 1.54) is 0 Å². The number of hydrogen-bond donors (Lipinski definition) is 1. The summed E-state index contributed by atoms with van der Waals surface area (Å²) in [6.07, 6.45) is 4.79. The summed E-state index contributed by atoms with van der Waals surface area (Å²) < 4.78 is 0. The Balaban J connectivity index is 2.45. The molecule has 2 aromatic rings. The smallest absolute Gasteiger partial charge is 0.275 e. The van der Waals surface area contributed by atoms with E-state index in [0.29, 0.717) is 16.7 Å². The van der Waals surface area contributed by atoms with Crippen LogP contribution in [0.1, 0.15) is 52.8 Å². The van der Waals surface area contributed by atoms with Gasteiger partial charge in [0.15, 0.2) is 0 Å². The van der Waals surface area contributed by atoms with Crippen molar-refractivity contribution in [2.24, 2.45) is 0 Å². The van der Waals surface area contributed by atoms with Crippen molar-refractivity contribution >= 4 is 11.5 Å². The van der Waals surface area contributed by atoms with Crippen LogP contribution in [0.15, 0.2) is 6.07 Å². The van der Waals surface area contributed by atoms with Gasteiger partial charge >= 0.3 is 0 Å². The summed E-state index contributed by atoms with van der Waals surface area (Å²) in [5.41, 5.74) is 12.1. The van der Waals surface area contributed by atoms with E-state index < -0.39 is 0 Å². The highest BCUT2D eigenvalue weighted by Crippen LogP contribution is 2.42. The number of pyridine rings is 1. The van der Waals surface area contributed by atoms with Crippen molar-refractivity contribution in [1.82, 2.24) is 4.98 Å². The van der Waals surface area contributed by atoms with E-state index in [1.54, 1.807) is 13.8 Å². The molecule has 0 saturated heterocycles. The van der Waals surface area contributed by atoms with Crippen molar-refractivity contribution in [1.29, 1.82) is 5.26 Å². The summed E-state index contributed by atoms with van der Waals surface area (Å²) in [6.45, 7) is 5.43. The zero-order chi connectivity index (χ0) is 19.0. The second kappa shape index (κ2) is 6.75. The number of anilines is 1. The van der Waals surface area contributed by atoms with Crippen LogP contribution in [-0.4, -0.2) is 9.91 Å². The van der Waals surface area contributed by atoms with Gasteiger partial charge in [-0.1, -0.05) is 6.42 Å². The van der Waals surface area contributed by atoms with Gasteiger partial charge in [0.05, 0.1) is 4.92 Å². The fourth-order valence-corrected chi connectivity index (χ4v) is 4.17. The van der Waals surface area contributed by atoms with E-state index in [4.69, 9.17) is 5.73 Å². The summed E-state index contributed by atoms with van der Waals surface area (Å²) in [5.74, 6) is 0.213. The number of rotatable bonds is 2. The molecule has 0 radical (unpaired) electrons. The van der Waals surface area contributed by atoms with Crippen LogP contribution in [-0.2, 0) is 12.8 Å². The van der Waals surface area contributed by atoms with Crippen molar-refractivity contribution in [2.75, 3.05) is 5.73 Å². The normalized spacial score (nSPS) is 13.6. The first-order valence-corrected chi connectivity index (χ1v) is 8.83. The number of nitriles is 1. The Hall–Kier alpha value is -2.94. The molecule has 0 saturated carbocycles. The number of fused-ring (bicyclic) bond motifs is 1. The third-order valence-electron chi connectivity index (χ3n) is 5.23. The van der Waals surface area contributed by atoms with Crippen LogP contribution in [0.2, 0.25) is 0 Å². The van der Waals surface area contributed by atoms with Crippen LogP contribution in [0.3, 0.4) is 0 Å². The highest BCUT2D eigenvalue weighted by atomic mass is 16.6. The SMILES string of the molecule is Cc1cc(C)c([N+](=O)[O-])c(C)c1-c1c(C#N)c(N)nc2c1CCCCC2. The predicted molar refractivity (Wildman–Crippen MR) is 101 cm³/mol. The molecule has 1 aliphatic carbocycles. The lowest BCUT2D eigenvalue weighted by molar-refractivity contribution is -0.386. The average molecular weight is 350 g/mol. The summed E-state index contributed by atoms with van der Waals surface area (Å²) in [7, 11) is 0. The first-order valence-electron chi connectivity index (χ1n) is 8.83. The van der Waals surface area contributed by atoms with E-state index in [1.807, 2.05) is 13.0 Å². The van der Waals surface area contributed by atoms with E-state index in [0.717, 1.165) is 60.1 Å². The molecular formula is C20H22N4O2. The quantitative estimate of drug-likeness (QED) is 0.493. The summed E-state index contributed by atoms with van der Waals surface area (Å²) in [5, 5.41) is 21.3. The Kier molecular flexibility index (Phi) is 4.64. The van der Waals surface area contributed by atoms with E-state index in [9.17, 15) is 15.4 Å². The maximum Gasteiger partial charge on any atom is 0.275 e. The molecule has 2 N–H and O–H groups in total. The minimum absolute atomic E-state index is 0.104. The van der Waals surface area contributed by atoms with Crippen LogP contribution in [0.25, 0.3) is 11.1 Å². The lowest BCUT2D eigenvalue weighted by Crippen LogP contribution is -2.09. The molecule has 0 atom stereocenters. The predicted octanol–water partition coefficient (Wildman–Crippen LogP) is 4.30. The second-order valence-corrected chi connectivity index (χ2v) is 6.96. The number of nitrogens with two attached hydrogens (primary N) is 1. The number of aryl methyl sites for hydroxylation is 3. The first kappa shape index (κ1) is 17.9. The number of hydrogen-bond acceptors (Lipinski definition) is 5. The molecule has 26 heavy (non-hydrogen) atoms. The Bertz CT molecular complexity index is 958. The van der Waals surface area contributed by atoms with Gasteiger partial charge in [0.1, 0.15) is 17.5 Å². The monoisotopic (exact) mass is 350 g/mol. The number of nitro groups is 1. The Morgan fingerprint density at radius 1 is 1.15 bits per heavy atom.